The number of fused-ring (bicyclic) bond motifs is 2. The van der Waals surface area contributed by atoms with E-state index in [2.05, 4.69) is 26.1 Å². The van der Waals surface area contributed by atoms with E-state index in [0.717, 1.165) is 61.0 Å². The van der Waals surface area contributed by atoms with Gasteiger partial charge in [0.25, 0.3) is 0 Å². The van der Waals surface area contributed by atoms with Crippen LogP contribution >= 0.6 is 0 Å². The highest BCUT2D eigenvalue weighted by Crippen LogP contribution is 2.44. The Balaban J connectivity index is 1.42. The summed E-state index contributed by atoms with van der Waals surface area (Å²) in [6.45, 7) is 3.93. The highest BCUT2D eigenvalue weighted by Gasteiger charge is 2.44. The zero-order chi connectivity index (χ0) is 19.8. The van der Waals surface area contributed by atoms with Crippen LogP contribution in [0.25, 0.3) is 11.3 Å². The first-order valence-electron chi connectivity index (χ1n) is 10.2. The standard InChI is InChI=1S/C23H25N5O/c1-16-24-14-17-10-12-23(22(17)25-16)11-5-13-28(15-23)21-9-8-19(26-27-21)18-6-3-4-7-20(18)29-2/h3-4,6-9,14H,5,10-13,15H2,1-2H3. The summed E-state index contributed by atoms with van der Waals surface area (Å²) in [5.41, 5.74) is 4.47. The van der Waals surface area contributed by atoms with Gasteiger partial charge in [0.1, 0.15) is 11.6 Å². The van der Waals surface area contributed by atoms with E-state index in [4.69, 9.17) is 9.72 Å². The highest BCUT2D eigenvalue weighted by atomic mass is 16.5. The summed E-state index contributed by atoms with van der Waals surface area (Å²) in [5.74, 6) is 2.61. The molecular weight excluding hydrogens is 362 g/mol. The van der Waals surface area contributed by atoms with Gasteiger partial charge in [0.2, 0.25) is 0 Å². The minimum Gasteiger partial charge on any atom is -0.496 e. The molecule has 0 bridgehead atoms. The van der Waals surface area contributed by atoms with Crippen molar-refractivity contribution in [1.82, 2.24) is 20.2 Å². The Morgan fingerprint density at radius 1 is 1.07 bits per heavy atom. The first-order valence-corrected chi connectivity index (χ1v) is 10.2. The van der Waals surface area contributed by atoms with Crippen LogP contribution in [0.2, 0.25) is 0 Å². The van der Waals surface area contributed by atoms with E-state index in [1.165, 1.54) is 17.7 Å². The Morgan fingerprint density at radius 2 is 1.97 bits per heavy atom. The van der Waals surface area contributed by atoms with Crippen LogP contribution in [0.4, 0.5) is 5.82 Å². The van der Waals surface area contributed by atoms with Crippen LogP contribution in [0.5, 0.6) is 5.75 Å². The SMILES string of the molecule is COc1ccccc1-c1ccc(N2CCCC3(CCc4cnc(C)nc43)C2)nn1. The zero-order valence-corrected chi connectivity index (χ0v) is 16.9. The fourth-order valence-corrected chi connectivity index (χ4v) is 4.85. The number of para-hydroxylation sites is 1. The Labute approximate surface area is 171 Å². The molecule has 1 aromatic carbocycles. The number of ether oxygens (including phenoxy) is 1. The second-order valence-corrected chi connectivity index (χ2v) is 8.07. The number of piperidine rings is 1. The molecule has 0 amide bonds. The van der Waals surface area contributed by atoms with Crippen LogP contribution in [-0.4, -0.2) is 40.4 Å². The second-order valence-electron chi connectivity index (χ2n) is 8.07. The predicted molar refractivity (Wildman–Crippen MR) is 112 cm³/mol. The number of nitrogens with zero attached hydrogens (tertiary/aromatic N) is 5. The van der Waals surface area contributed by atoms with Gasteiger partial charge >= 0.3 is 0 Å². The number of aryl methyl sites for hydroxylation is 2. The molecule has 6 nitrogen and oxygen atoms in total. The molecule has 29 heavy (non-hydrogen) atoms. The maximum Gasteiger partial charge on any atom is 0.151 e. The lowest BCUT2D eigenvalue weighted by Crippen LogP contribution is -2.46. The molecular formula is C23H25N5O. The summed E-state index contributed by atoms with van der Waals surface area (Å²) in [5, 5.41) is 9.08. The van der Waals surface area contributed by atoms with Gasteiger partial charge in [-0.3, -0.25) is 0 Å². The Hall–Kier alpha value is -3.02. The Bertz CT molecular complexity index is 1030. The van der Waals surface area contributed by atoms with E-state index in [9.17, 15) is 0 Å². The van der Waals surface area contributed by atoms with Gasteiger partial charge in [0, 0.05) is 30.3 Å². The van der Waals surface area contributed by atoms with Crippen molar-refractivity contribution < 1.29 is 4.74 Å². The topological polar surface area (TPSA) is 64.0 Å². The molecule has 1 unspecified atom stereocenters. The minimum absolute atomic E-state index is 0.115. The average molecular weight is 387 g/mol. The number of hydrogen-bond acceptors (Lipinski definition) is 6. The number of benzene rings is 1. The molecule has 1 fully saturated rings. The van der Waals surface area contributed by atoms with Gasteiger partial charge < -0.3 is 9.64 Å². The third-order valence-corrected chi connectivity index (χ3v) is 6.29. The fraction of sp³-hybridized carbons (Fsp3) is 0.391. The van der Waals surface area contributed by atoms with Gasteiger partial charge in [-0.25, -0.2) is 9.97 Å². The number of aromatic nitrogens is 4. The molecule has 0 saturated carbocycles. The predicted octanol–water partition coefficient (Wildman–Crippen LogP) is 3.74. The first-order chi connectivity index (χ1) is 14.2. The number of anilines is 1. The van der Waals surface area contributed by atoms with E-state index < -0.39 is 0 Å². The zero-order valence-electron chi connectivity index (χ0n) is 16.9. The lowest BCUT2D eigenvalue weighted by atomic mass is 9.77. The summed E-state index contributed by atoms with van der Waals surface area (Å²) >= 11 is 0. The van der Waals surface area contributed by atoms with Crippen LogP contribution < -0.4 is 9.64 Å². The molecule has 1 atom stereocenters. The maximum absolute atomic E-state index is 5.46. The molecule has 3 aromatic rings. The normalized spacial score (nSPS) is 20.7. The van der Waals surface area contributed by atoms with Crippen molar-refractivity contribution >= 4 is 5.82 Å². The number of rotatable bonds is 3. The molecule has 1 aliphatic heterocycles. The van der Waals surface area contributed by atoms with Crippen LogP contribution in [0, 0.1) is 6.92 Å². The molecule has 148 valence electrons. The van der Waals surface area contributed by atoms with E-state index in [1.54, 1.807) is 7.11 Å². The van der Waals surface area contributed by atoms with Crippen LogP contribution in [0.3, 0.4) is 0 Å². The molecule has 1 saturated heterocycles. The van der Waals surface area contributed by atoms with Gasteiger partial charge in [-0.15, -0.1) is 10.2 Å². The molecule has 0 N–H and O–H groups in total. The molecule has 2 aromatic heterocycles. The number of hydrogen-bond donors (Lipinski definition) is 0. The molecule has 6 heteroatoms. The Morgan fingerprint density at radius 3 is 2.79 bits per heavy atom. The fourth-order valence-electron chi connectivity index (χ4n) is 4.85. The van der Waals surface area contributed by atoms with E-state index in [-0.39, 0.29) is 5.41 Å². The summed E-state index contributed by atoms with van der Waals surface area (Å²) in [7, 11) is 1.68. The molecule has 1 spiro atoms. The molecule has 1 aliphatic carbocycles. The average Bonchev–Trinajstić information content (AvgIpc) is 3.10. The van der Waals surface area contributed by atoms with Gasteiger partial charge in [0.05, 0.1) is 18.5 Å². The van der Waals surface area contributed by atoms with E-state index in [0.29, 0.717) is 0 Å². The minimum atomic E-state index is 0.115. The van der Waals surface area contributed by atoms with Crippen molar-refractivity contribution in [3.63, 3.8) is 0 Å². The van der Waals surface area contributed by atoms with Crippen molar-refractivity contribution in [2.75, 3.05) is 25.1 Å². The van der Waals surface area contributed by atoms with Crippen molar-refractivity contribution in [2.24, 2.45) is 0 Å². The molecule has 5 rings (SSSR count). The summed E-state index contributed by atoms with van der Waals surface area (Å²) < 4.78 is 5.46. The van der Waals surface area contributed by atoms with Crippen molar-refractivity contribution in [2.45, 2.75) is 38.0 Å². The third kappa shape index (κ3) is 3.12. The smallest absolute Gasteiger partial charge is 0.151 e. The van der Waals surface area contributed by atoms with Gasteiger partial charge in [-0.2, -0.15) is 0 Å². The maximum atomic E-state index is 5.46. The van der Waals surface area contributed by atoms with Crippen LogP contribution in [0.15, 0.2) is 42.6 Å². The summed E-state index contributed by atoms with van der Waals surface area (Å²) in [6.07, 6.45) is 6.55. The molecule has 2 aliphatic rings. The lowest BCUT2D eigenvalue weighted by molar-refractivity contribution is 0.332. The van der Waals surface area contributed by atoms with Crippen molar-refractivity contribution in [3.8, 4) is 17.0 Å². The van der Waals surface area contributed by atoms with Gasteiger partial charge in [0.15, 0.2) is 5.82 Å². The number of methoxy groups -OCH3 is 1. The summed E-state index contributed by atoms with van der Waals surface area (Å²) in [4.78, 5) is 11.6. The van der Waals surface area contributed by atoms with E-state index in [1.807, 2.05) is 43.5 Å². The van der Waals surface area contributed by atoms with Crippen molar-refractivity contribution in [3.05, 3.63) is 59.7 Å². The molecule has 3 heterocycles. The lowest BCUT2D eigenvalue weighted by Gasteiger charge is -2.41. The Kier molecular flexibility index (Phi) is 4.42. The third-order valence-electron chi connectivity index (χ3n) is 6.29. The van der Waals surface area contributed by atoms with Crippen LogP contribution in [0.1, 0.15) is 36.3 Å². The van der Waals surface area contributed by atoms with Crippen LogP contribution in [-0.2, 0) is 11.8 Å². The highest BCUT2D eigenvalue weighted by molar-refractivity contribution is 5.67. The monoisotopic (exact) mass is 387 g/mol. The quantitative estimate of drug-likeness (QED) is 0.682. The van der Waals surface area contributed by atoms with E-state index >= 15 is 0 Å². The second kappa shape index (κ2) is 7.10. The molecule has 0 radical (unpaired) electrons. The first kappa shape index (κ1) is 18.0. The van der Waals surface area contributed by atoms with Gasteiger partial charge in [-0.1, -0.05) is 12.1 Å². The van der Waals surface area contributed by atoms with Crippen molar-refractivity contribution in [1.29, 1.82) is 0 Å². The largest absolute Gasteiger partial charge is 0.496 e. The summed E-state index contributed by atoms with van der Waals surface area (Å²) in [6, 6.07) is 12.0. The van der Waals surface area contributed by atoms with Gasteiger partial charge in [-0.05, 0) is 62.4 Å².